The number of amides is 1. The number of aryl methyl sites for hydroxylation is 3. The largest absolute Gasteiger partial charge is 0.493 e. The van der Waals surface area contributed by atoms with Crippen LogP contribution < -0.4 is 10.1 Å². The monoisotopic (exact) mass is 575 g/mol. The highest BCUT2D eigenvalue weighted by molar-refractivity contribution is 7.14. The van der Waals surface area contributed by atoms with E-state index in [1.54, 1.807) is 6.07 Å². The quantitative estimate of drug-likeness (QED) is 0.204. The number of benzene rings is 2. The zero-order valence-electron chi connectivity index (χ0n) is 23.1. The van der Waals surface area contributed by atoms with Gasteiger partial charge in [0.25, 0.3) is 5.91 Å². The van der Waals surface area contributed by atoms with Crippen molar-refractivity contribution >= 4 is 23.2 Å². The number of rotatable bonds is 14. The van der Waals surface area contributed by atoms with Gasteiger partial charge in [0.1, 0.15) is 5.75 Å². The maximum atomic E-state index is 12.9. The Labute approximate surface area is 237 Å². The van der Waals surface area contributed by atoms with Gasteiger partial charge in [-0.15, -0.1) is 11.3 Å². The van der Waals surface area contributed by atoms with Gasteiger partial charge in [-0.25, -0.2) is 0 Å². The van der Waals surface area contributed by atoms with Gasteiger partial charge in [-0.3, -0.25) is 9.59 Å². The van der Waals surface area contributed by atoms with Crippen molar-refractivity contribution in [1.82, 2.24) is 5.32 Å². The summed E-state index contributed by atoms with van der Waals surface area (Å²) < 4.78 is 45.0. The number of alkyl halides is 3. The molecule has 0 aliphatic rings. The number of hydrogen-bond donors (Lipinski definition) is 2. The summed E-state index contributed by atoms with van der Waals surface area (Å²) in [6, 6.07) is 12.9. The second-order valence-electron chi connectivity index (χ2n) is 10.0. The van der Waals surface area contributed by atoms with E-state index in [1.165, 1.54) is 23.5 Å². The number of carboxylic acids is 1. The van der Waals surface area contributed by atoms with E-state index in [2.05, 4.69) is 12.2 Å². The highest BCUT2D eigenvalue weighted by Crippen LogP contribution is 2.35. The van der Waals surface area contributed by atoms with Crippen molar-refractivity contribution in [3.63, 3.8) is 0 Å². The summed E-state index contributed by atoms with van der Waals surface area (Å²) in [6.45, 7) is 6.72. The van der Waals surface area contributed by atoms with Gasteiger partial charge in [0.15, 0.2) is 0 Å². The Morgan fingerprint density at radius 1 is 1.02 bits per heavy atom. The molecule has 3 rings (SSSR count). The molecule has 0 aliphatic carbocycles. The molecular formula is C31H36F3NO4S. The van der Waals surface area contributed by atoms with Crippen LogP contribution in [0.15, 0.2) is 48.5 Å². The van der Waals surface area contributed by atoms with Crippen LogP contribution in [0.25, 0.3) is 11.1 Å². The highest BCUT2D eigenvalue weighted by Gasteiger charge is 2.30. The maximum Gasteiger partial charge on any atom is 0.416 e. The number of halogens is 3. The molecule has 40 heavy (non-hydrogen) atoms. The van der Waals surface area contributed by atoms with Crippen molar-refractivity contribution in [1.29, 1.82) is 0 Å². The highest BCUT2D eigenvalue weighted by atomic mass is 32.1. The number of ether oxygens (including phenoxy) is 1. The molecule has 0 radical (unpaired) electrons. The van der Waals surface area contributed by atoms with Crippen molar-refractivity contribution in [3.05, 3.63) is 75.0 Å². The number of carbonyl (C=O) groups excluding carboxylic acids is 1. The molecule has 1 atom stereocenters. The van der Waals surface area contributed by atoms with Gasteiger partial charge in [-0.1, -0.05) is 25.5 Å². The first kappa shape index (κ1) is 31.2. The fraction of sp³-hybridized carbons (Fsp3) is 0.419. The molecule has 3 aromatic rings. The molecule has 9 heteroatoms. The van der Waals surface area contributed by atoms with E-state index in [0.717, 1.165) is 77.1 Å². The average Bonchev–Trinajstić information content (AvgIpc) is 3.35. The molecule has 0 bridgehead atoms. The zero-order valence-corrected chi connectivity index (χ0v) is 23.9. The molecule has 2 aromatic carbocycles. The molecule has 0 saturated carbocycles. The Morgan fingerprint density at radius 2 is 1.70 bits per heavy atom. The molecular weight excluding hydrogens is 539 g/mol. The fourth-order valence-electron chi connectivity index (χ4n) is 4.79. The maximum absolute atomic E-state index is 12.9. The number of thiophene rings is 1. The lowest BCUT2D eigenvalue weighted by atomic mass is 9.94. The van der Waals surface area contributed by atoms with E-state index in [1.807, 2.05) is 32.0 Å². The van der Waals surface area contributed by atoms with Crippen LogP contribution in [0.1, 0.15) is 70.3 Å². The van der Waals surface area contributed by atoms with Gasteiger partial charge < -0.3 is 15.2 Å². The van der Waals surface area contributed by atoms with Gasteiger partial charge in [0, 0.05) is 11.4 Å². The summed E-state index contributed by atoms with van der Waals surface area (Å²) in [7, 11) is 0. The van der Waals surface area contributed by atoms with E-state index in [0.29, 0.717) is 17.4 Å². The SMILES string of the molecule is CCCC(CCCc1ccc(C(=O)NCCC(=O)O)s1)COc1cc(C)c(-c2ccc(C(F)(F)F)cc2)c(C)c1. The van der Waals surface area contributed by atoms with Crippen molar-refractivity contribution in [3.8, 4) is 16.9 Å². The predicted octanol–water partition coefficient (Wildman–Crippen LogP) is 8.07. The molecule has 0 spiro atoms. The average molecular weight is 576 g/mol. The van der Waals surface area contributed by atoms with Crippen molar-refractivity contribution in [2.45, 2.75) is 65.5 Å². The van der Waals surface area contributed by atoms with Crippen molar-refractivity contribution in [2.24, 2.45) is 5.92 Å². The topological polar surface area (TPSA) is 75.6 Å². The molecule has 1 unspecified atom stereocenters. The summed E-state index contributed by atoms with van der Waals surface area (Å²) in [5.74, 6) is -0.0644. The minimum Gasteiger partial charge on any atom is -0.493 e. The van der Waals surface area contributed by atoms with E-state index in [4.69, 9.17) is 9.84 Å². The molecule has 1 amide bonds. The van der Waals surface area contributed by atoms with Crippen LogP contribution in [0.2, 0.25) is 0 Å². The van der Waals surface area contributed by atoms with Gasteiger partial charge in [-0.05, 0) is 104 Å². The molecule has 0 aliphatic heterocycles. The summed E-state index contributed by atoms with van der Waals surface area (Å²) in [5.41, 5.74) is 2.89. The van der Waals surface area contributed by atoms with Crippen LogP contribution in [0, 0.1) is 19.8 Å². The second-order valence-corrected chi connectivity index (χ2v) is 11.2. The van der Waals surface area contributed by atoms with E-state index in [9.17, 15) is 22.8 Å². The molecule has 1 aromatic heterocycles. The van der Waals surface area contributed by atoms with Gasteiger partial charge in [-0.2, -0.15) is 13.2 Å². The molecule has 5 nitrogen and oxygen atoms in total. The Balaban J connectivity index is 1.54. The van der Waals surface area contributed by atoms with E-state index >= 15 is 0 Å². The number of carbonyl (C=O) groups is 2. The molecule has 216 valence electrons. The number of aliphatic carboxylic acids is 1. The van der Waals surface area contributed by atoms with Gasteiger partial charge in [0.05, 0.1) is 23.5 Å². The third kappa shape index (κ3) is 9.11. The number of hydrogen-bond acceptors (Lipinski definition) is 4. The first-order valence-electron chi connectivity index (χ1n) is 13.5. The molecule has 1 heterocycles. The summed E-state index contributed by atoms with van der Waals surface area (Å²) in [6.07, 6.45) is 0.401. The minimum absolute atomic E-state index is 0.104. The van der Waals surface area contributed by atoms with Crippen LogP contribution >= 0.6 is 11.3 Å². The second kappa shape index (κ2) is 14.3. The van der Waals surface area contributed by atoms with Crippen LogP contribution in [0.4, 0.5) is 13.2 Å². The van der Waals surface area contributed by atoms with Gasteiger partial charge >= 0.3 is 12.1 Å². The van der Waals surface area contributed by atoms with Crippen molar-refractivity contribution in [2.75, 3.05) is 13.2 Å². The Kier molecular flexibility index (Phi) is 11.2. The van der Waals surface area contributed by atoms with Gasteiger partial charge in [0.2, 0.25) is 0 Å². The lowest BCUT2D eigenvalue weighted by molar-refractivity contribution is -0.138. The Morgan fingerprint density at radius 3 is 2.30 bits per heavy atom. The van der Waals surface area contributed by atoms with E-state index in [-0.39, 0.29) is 18.9 Å². The Hall–Kier alpha value is -3.33. The van der Waals surface area contributed by atoms with Crippen LogP contribution in [-0.4, -0.2) is 30.1 Å². The third-order valence-corrected chi connectivity index (χ3v) is 7.88. The summed E-state index contributed by atoms with van der Waals surface area (Å²) >= 11 is 1.43. The first-order valence-corrected chi connectivity index (χ1v) is 14.3. The number of nitrogens with one attached hydrogen (secondary N) is 1. The summed E-state index contributed by atoms with van der Waals surface area (Å²) in [5, 5.41) is 11.3. The summed E-state index contributed by atoms with van der Waals surface area (Å²) in [4.78, 5) is 24.5. The third-order valence-electron chi connectivity index (χ3n) is 6.74. The lowest BCUT2D eigenvalue weighted by Gasteiger charge is -2.19. The lowest BCUT2D eigenvalue weighted by Crippen LogP contribution is -2.25. The minimum atomic E-state index is -4.36. The first-order chi connectivity index (χ1) is 19.0. The van der Waals surface area contributed by atoms with Crippen molar-refractivity contribution < 1.29 is 32.6 Å². The molecule has 0 fully saturated rings. The standard InChI is InChI=1S/C31H36F3NO4S/c1-4-6-22(7-5-8-26-13-14-27(40-26)30(38)35-16-15-28(36)37)19-39-25-17-20(2)29(21(3)18-25)23-9-11-24(12-10-23)31(32,33)34/h9-14,17-18,22H,4-8,15-16,19H2,1-3H3,(H,35,38)(H,36,37). The van der Waals surface area contributed by atoms with Crippen LogP contribution in [0.3, 0.4) is 0 Å². The Bertz CT molecular complexity index is 1260. The van der Waals surface area contributed by atoms with E-state index < -0.39 is 17.7 Å². The predicted molar refractivity (Wildman–Crippen MR) is 152 cm³/mol. The number of carboxylic acid groups (broad SMARTS) is 1. The van der Waals surface area contributed by atoms with Crippen LogP contribution in [-0.2, 0) is 17.4 Å². The normalized spacial score (nSPS) is 12.2. The zero-order chi connectivity index (χ0) is 29.3. The molecule has 0 saturated heterocycles. The fourth-order valence-corrected chi connectivity index (χ4v) is 5.76. The molecule has 2 N–H and O–H groups in total. The van der Waals surface area contributed by atoms with Crippen LogP contribution in [0.5, 0.6) is 5.75 Å². The smallest absolute Gasteiger partial charge is 0.416 e.